The Kier molecular flexibility index (Phi) is 3.34. The molecule has 2 aromatic rings. The highest BCUT2D eigenvalue weighted by molar-refractivity contribution is 7.12. The van der Waals surface area contributed by atoms with Crippen LogP contribution in [-0.2, 0) is 0 Å². The summed E-state index contributed by atoms with van der Waals surface area (Å²) >= 11 is 1.61. The van der Waals surface area contributed by atoms with Crippen LogP contribution in [0.15, 0.2) is 33.5 Å². The number of hydrazone groups is 1. The molecule has 2 N–H and O–H groups in total. The summed E-state index contributed by atoms with van der Waals surface area (Å²) in [7, 11) is 0. The summed E-state index contributed by atoms with van der Waals surface area (Å²) in [6, 6.07) is 5.38. The lowest BCUT2D eigenvalue weighted by Crippen LogP contribution is -2.11. The van der Waals surface area contributed by atoms with Crippen LogP contribution in [-0.4, -0.2) is 15.7 Å². The second kappa shape index (κ2) is 4.92. The van der Waals surface area contributed by atoms with Crippen LogP contribution in [0.2, 0.25) is 0 Å². The number of thiophene rings is 1. The largest absolute Gasteiger partial charge is 0.291 e. The molecule has 5 nitrogen and oxygen atoms in total. The van der Waals surface area contributed by atoms with E-state index in [1.54, 1.807) is 18.3 Å². The number of aryl methyl sites for hydroxylation is 1. The first-order valence-corrected chi connectivity index (χ1v) is 5.95. The van der Waals surface area contributed by atoms with Gasteiger partial charge in [0.1, 0.15) is 0 Å². The molecule has 0 saturated carbocycles. The molecule has 0 fully saturated rings. The minimum Gasteiger partial charge on any atom is -0.291 e. The van der Waals surface area contributed by atoms with Crippen molar-refractivity contribution in [3.05, 3.63) is 44.5 Å². The Morgan fingerprint density at radius 2 is 2.41 bits per heavy atom. The van der Waals surface area contributed by atoms with Crippen LogP contribution in [0.3, 0.4) is 0 Å². The number of nitrogens with zero attached hydrogens (tertiary/aromatic N) is 2. The smallest absolute Gasteiger partial charge is 0.252 e. The van der Waals surface area contributed by atoms with E-state index in [4.69, 9.17) is 0 Å². The SMILES string of the molecule is C/C(=N/Nc1nc(C)cc(=O)[nH]1)c1cccs1. The highest BCUT2D eigenvalue weighted by atomic mass is 32.1. The van der Waals surface area contributed by atoms with Crippen LogP contribution in [0.25, 0.3) is 0 Å². The first-order chi connectivity index (χ1) is 8.15. The zero-order chi connectivity index (χ0) is 12.3. The predicted octanol–water partition coefficient (Wildman–Crippen LogP) is 1.98. The van der Waals surface area contributed by atoms with Gasteiger partial charge in [0.05, 0.1) is 5.71 Å². The van der Waals surface area contributed by atoms with Gasteiger partial charge in [-0.2, -0.15) is 5.10 Å². The Bertz CT molecular complexity index is 586. The van der Waals surface area contributed by atoms with E-state index in [2.05, 4.69) is 20.5 Å². The van der Waals surface area contributed by atoms with Crippen LogP contribution in [0.4, 0.5) is 5.95 Å². The fourth-order valence-electron chi connectivity index (χ4n) is 1.31. The lowest BCUT2D eigenvalue weighted by atomic mass is 10.3. The van der Waals surface area contributed by atoms with E-state index in [1.165, 1.54) is 6.07 Å². The van der Waals surface area contributed by atoms with Crippen LogP contribution in [0.5, 0.6) is 0 Å². The highest BCUT2D eigenvalue weighted by Gasteiger charge is 1.99. The summed E-state index contributed by atoms with van der Waals surface area (Å²) in [5, 5.41) is 6.15. The van der Waals surface area contributed by atoms with Crippen molar-refractivity contribution >= 4 is 23.0 Å². The highest BCUT2D eigenvalue weighted by Crippen LogP contribution is 2.09. The summed E-state index contributed by atoms with van der Waals surface area (Å²) in [4.78, 5) is 19.0. The predicted molar refractivity (Wildman–Crippen MR) is 69.7 cm³/mol. The third kappa shape index (κ3) is 3.01. The molecule has 0 unspecified atom stereocenters. The Balaban J connectivity index is 2.17. The molecule has 2 heterocycles. The number of aromatic amines is 1. The second-order valence-corrected chi connectivity index (χ2v) is 4.47. The van der Waals surface area contributed by atoms with Gasteiger partial charge < -0.3 is 0 Å². The summed E-state index contributed by atoms with van der Waals surface area (Å²) in [6.45, 7) is 3.66. The fraction of sp³-hybridized carbons (Fsp3) is 0.182. The van der Waals surface area contributed by atoms with Crippen molar-refractivity contribution in [2.75, 3.05) is 5.43 Å². The van der Waals surface area contributed by atoms with Crippen molar-refractivity contribution in [3.63, 3.8) is 0 Å². The van der Waals surface area contributed by atoms with Crippen molar-refractivity contribution in [2.24, 2.45) is 5.10 Å². The topological polar surface area (TPSA) is 70.1 Å². The summed E-state index contributed by atoms with van der Waals surface area (Å²) < 4.78 is 0. The lowest BCUT2D eigenvalue weighted by Gasteiger charge is -2.01. The van der Waals surface area contributed by atoms with Crippen LogP contribution >= 0.6 is 11.3 Å². The maximum atomic E-state index is 11.2. The monoisotopic (exact) mass is 248 g/mol. The van der Waals surface area contributed by atoms with Crippen molar-refractivity contribution in [2.45, 2.75) is 13.8 Å². The van der Waals surface area contributed by atoms with E-state index < -0.39 is 0 Å². The van der Waals surface area contributed by atoms with Gasteiger partial charge in [-0.3, -0.25) is 9.78 Å². The van der Waals surface area contributed by atoms with Gasteiger partial charge in [0.25, 0.3) is 5.56 Å². The molecular formula is C11H12N4OS. The first kappa shape index (κ1) is 11.5. The number of nitrogens with one attached hydrogen (secondary N) is 2. The van der Waals surface area contributed by atoms with Gasteiger partial charge >= 0.3 is 0 Å². The molecule has 88 valence electrons. The molecule has 0 bridgehead atoms. The van der Waals surface area contributed by atoms with E-state index in [9.17, 15) is 4.79 Å². The van der Waals surface area contributed by atoms with Gasteiger partial charge in [-0.1, -0.05) is 6.07 Å². The number of rotatable bonds is 3. The maximum Gasteiger partial charge on any atom is 0.252 e. The van der Waals surface area contributed by atoms with Gasteiger partial charge in [-0.15, -0.1) is 11.3 Å². The van der Waals surface area contributed by atoms with E-state index >= 15 is 0 Å². The number of H-pyrrole nitrogens is 1. The number of hydrogen-bond acceptors (Lipinski definition) is 5. The number of hydrogen-bond donors (Lipinski definition) is 2. The van der Waals surface area contributed by atoms with Crippen molar-refractivity contribution in [1.29, 1.82) is 0 Å². The Morgan fingerprint density at radius 1 is 1.59 bits per heavy atom. The van der Waals surface area contributed by atoms with Gasteiger partial charge in [0.2, 0.25) is 5.95 Å². The van der Waals surface area contributed by atoms with Gasteiger partial charge in [-0.25, -0.2) is 10.4 Å². The summed E-state index contributed by atoms with van der Waals surface area (Å²) in [5.74, 6) is 0.353. The average molecular weight is 248 g/mol. The van der Waals surface area contributed by atoms with E-state index in [1.807, 2.05) is 24.4 Å². The summed E-state index contributed by atoms with van der Waals surface area (Å²) in [5.41, 5.74) is 4.06. The molecule has 0 aromatic carbocycles. The minimum atomic E-state index is -0.191. The average Bonchev–Trinajstić information content (AvgIpc) is 2.78. The van der Waals surface area contributed by atoms with Crippen molar-refractivity contribution in [3.8, 4) is 0 Å². The second-order valence-electron chi connectivity index (χ2n) is 3.52. The molecule has 2 rings (SSSR count). The minimum absolute atomic E-state index is 0.191. The van der Waals surface area contributed by atoms with Crippen LogP contribution in [0, 0.1) is 6.92 Å². The van der Waals surface area contributed by atoms with E-state index in [0.717, 1.165) is 10.6 Å². The molecule has 0 atom stereocenters. The molecule has 0 saturated heterocycles. The summed E-state index contributed by atoms with van der Waals surface area (Å²) in [6.07, 6.45) is 0. The molecule has 2 aromatic heterocycles. The molecule has 0 radical (unpaired) electrons. The first-order valence-electron chi connectivity index (χ1n) is 5.07. The Labute approximate surface area is 102 Å². The Hall–Kier alpha value is -1.95. The molecule has 0 amide bonds. The van der Waals surface area contributed by atoms with E-state index in [0.29, 0.717) is 11.6 Å². The molecule has 17 heavy (non-hydrogen) atoms. The van der Waals surface area contributed by atoms with Gasteiger partial charge in [0, 0.05) is 16.6 Å². The zero-order valence-corrected chi connectivity index (χ0v) is 10.3. The molecule has 0 aliphatic carbocycles. The molecule has 0 spiro atoms. The maximum absolute atomic E-state index is 11.2. The number of aromatic nitrogens is 2. The fourth-order valence-corrected chi connectivity index (χ4v) is 1.99. The quantitative estimate of drug-likeness (QED) is 0.644. The standard InChI is InChI=1S/C11H12N4OS/c1-7-6-10(16)13-11(12-7)15-14-8(2)9-4-3-5-17-9/h3-6H,1-2H3,(H2,12,13,15,16)/b14-8-. The third-order valence-corrected chi connectivity index (χ3v) is 3.06. The molecule has 6 heteroatoms. The Morgan fingerprint density at radius 3 is 3.06 bits per heavy atom. The van der Waals surface area contributed by atoms with Crippen LogP contribution < -0.4 is 11.0 Å². The van der Waals surface area contributed by atoms with Crippen molar-refractivity contribution in [1.82, 2.24) is 9.97 Å². The number of anilines is 1. The lowest BCUT2D eigenvalue weighted by molar-refractivity contribution is 1.04. The van der Waals surface area contributed by atoms with Crippen molar-refractivity contribution < 1.29 is 0 Å². The molecule has 0 aliphatic heterocycles. The zero-order valence-electron chi connectivity index (χ0n) is 9.52. The normalized spacial score (nSPS) is 11.5. The molecular weight excluding hydrogens is 236 g/mol. The van der Waals surface area contributed by atoms with Gasteiger partial charge in [0.15, 0.2) is 0 Å². The van der Waals surface area contributed by atoms with E-state index in [-0.39, 0.29) is 5.56 Å². The molecule has 0 aliphatic rings. The van der Waals surface area contributed by atoms with Crippen LogP contribution in [0.1, 0.15) is 17.5 Å². The van der Waals surface area contributed by atoms with Gasteiger partial charge in [-0.05, 0) is 25.3 Å². The third-order valence-electron chi connectivity index (χ3n) is 2.08.